The largest absolute Gasteiger partial charge is 0.322 e. The average Bonchev–Trinajstić information content (AvgIpc) is 3.29. The molecule has 0 aliphatic carbocycles. The lowest BCUT2D eigenvalue weighted by atomic mass is 10.1. The van der Waals surface area contributed by atoms with Crippen molar-refractivity contribution in [3.05, 3.63) is 95.1 Å². The molecule has 1 heterocycles. The van der Waals surface area contributed by atoms with E-state index in [0.29, 0.717) is 10.6 Å². The van der Waals surface area contributed by atoms with Crippen molar-refractivity contribution in [2.75, 3.05) is 5.32 Å². The first-order valence-corrected chi connectivity index (χ1v) is 10.7. The van der Waals surface area contributed by atoms with Crippen molar-refractivity contribution in [2.45, 2.75) is 26.2 Å². The zero-order valence-electron chi connectivity index (χ0n) is 17.3. The number of carbonyl (C=O) groups is 1. The molecule has 0 unspecified atom stereocenters. The van der Waals surface area contributed by atoms with Gasteiger partial charge in [-0.25, -0.2) is 4.68 Å². The van der Waals surface area contributed by atoms with Crippen LogP contribution in [-0.2, 0) is 6.42 Å². The van der Waals surface area contributed by atoms with Crippen molar-refractivity contribution in [3.8, 4) is 16.9 Å². The first-order valence-electron chi connectivity index (χ1n) is 10.3. The monoisotopic (exact) mass is 430 g/mol. The van der Waals surface area contributed by atoms with Crippen molar-refractivity contribution in [3.63, 3.8) is 0 Å². The molecule has 1 N–H and O–H groups in total. The maximum absolute atomic E-state index is 12.6. The summed E-state index contributed by atoms with van der Waals surface area (Å²) in [7, 11) is 0. The maximum atomic E-state index is 12.6. The molecule has 0 spiro atoms. The number of anilines is 1. The lowest BCUT2D eigenvalue weighted by Gasteiger charge is -2.09. The van der Waals surface area contributed by atoms with Gasteiger partial charge in [0.2, 0.25) is 0 Å². The molecular weight excluding hydrogens is 408 g/mol. The zero-order chi connectivity index (χ0) is 21.6. The minimum Gasteiger partial charge on any atom is -0.322 e. The second-order valence-electron chi connectivity index (χ2n) is 7.34. The van der Waals surface area contributed by atoms with E-state index in [9.17, 15) is 4.79 Å². The number of aryl methyl sites for hydroxylation is 1. The SMILES string of the molecule is CCCCc1ccc(NC(=O)c2ccc(-n3nncc3-c3ccc(Cl)cc3)cc2)cc1. The first-order chi connectivity index (χ1) is 15.1. The summed E-state index contributed by atoms with van der Waals surface area (Å²) >= 11 is 5.99. The summed E-state index contributed by atoms with van der Waals surface area (Å²) in [5.41, 5.74) is 5.27. The minimum atomic E-state index is -0.149. The fourth-order valence-electron chi connectivity index (χ4n) is 3.34. The van der Waals surface area contributed by atoms with Crippen LogP contribution >= 0.6 is 11.6 Å². The molecular formula is C25H23ClN4O. The van der Waals surface area contributed by atoms with E-state index in [0.717, 1.165) is 29.1 Å². The minimum absolute atomic E-state index is 0.149. The Morgan fingerprint density at radius 1 is 0.968 bits per heavy atom. The fraction of sp³-hybridized carbons (Fsp3) is 0.160. The van der Waals surface area contributed by atoms with Gasteiger partial charge in [0.1, 0.15) is 0 Å². The van der Waals surface area contributed by atoms with Crippen LogP contribution in [0.15, 0.2) is 79.0 Å². The van der Waals surface area contributed by atoms with Crippen LogP contribution < -0.4 is 5.32 Å². The number of hydrogen-bond donors (Lipinski definition) is 1. The molecule has 0 radical (unpaired) electrons. The van der Waals surface area contributed by atoms with Crippen LogP contribution in [0.25, 0.3) is 16.9 Å². The Kier molecular flexibility index (Phi) is 6.43. The van der Waals surface area contributed by atoms with E-state index >= 15 is 0 Å². The van der Waals surface area contributed by atoms with Crippen molar-refractivity contribution in [1.82, 2.24) is 15.0 Å². The number of nitrogens with zero attached hydrogens (tertiary/aromatic N) is 3. The molecule has 4 aromatic rings. The zero-order valence-corrected chi connectivity index (χ0v) is 18.0. The number of hydrogen-bond acceptors (Lipinski definition) is 3. The van der Waals surface area contributed by atoms with Gasteiger partial charge in [0, 0.05) is 21.8 Å². The predicted octanol–water partition coefficient (Wildman–Crippen LogP) is 6.18. The standard InChI is InChI=1S/C25H23ClN4O/c1-2-3-4-18-5-13-22(14-6-18)28-25(31)20-9-15-23(16-10-20)30-24(17-27-29-30)19-7-11-21(26)12-8-19/h5-17H,2-4H2,1H3,(H,28,31). The maximum Gasteiger partial charge on any atom is 0.255 e. The van der Waals surface area contributed by atoms with E-state index in [4.69, 9.17) is 11.6 Å². The molecule has 0 bridgehead atoms. The van der Waals surface area contributed by atoms with Gasteiger partial charge in [0.15, 0.2) is 0 Å². The Morgan fingerprint density at radius 2 is 1.68 bits per heavy atom. The van der Waals surface area contributed by atoms with E-state index in [2.05, 4.69) is 34.7 Å². The van der Waals surface area contributed by atoms with Gasteiger partial charge in [0.05, 0.1) is 17.6 Å². The number of rotatable bonds is 7. The fourth-order valence-corrected chi connectivity index (χ4v) is 3.46. The summed E-state index contributed by atoms with van der Waals surface area (Å²) in [5.74, 6) is -0.149. The van der Waals surface area contributed by atoms with Crippen molar-refractivity contribution < 1.29 is 4.79 Å². The summed E-state index contributed by atoms with van der Waals surface area (Å²) in [5, 5.41) is 11.9. The Bertz CT molecular complexity index is 1150. The lowest BCUT2D eigenvalue weighted by molar-refractivity contribution is 0.102. The number of amides is 1. The normalized spacial score (nSPS) is 10.8. The molecule has 1 amide bonds. The molecule has 0 atom stereocenters. The van der Waals surface area contributed by atoms with Gasteiger partial charge in [-0.1, -0.05) is 54.4 Å². The third-order valence-corrected chi connectivity index (χ3v) is 5.35. The molecule has 156 valence electrons. The molecule has 4 rings (SSSR count). The lowest BCUT2D eigenvalue weighted by Crippen LogP contribution is -2.12. The van der Waals surface area contributed by atoms with Gasteiger partial charge in [0.25, 0.3) is 5.91 Å². The molecule has 1 aromatic heterocycles. The quantitative estimate of drug-likeness (QED) is 0.380. The average molecular weight is 431 g/mol. The molecule has 0 saturated carbocycles. The first kappa shape index (κ1) is 20.8. The molecule has 3 aromatic carbocycles. The van der Waals surface area contributed by atoms with Crippen molar-refractivity contribution >= 4 is 23.2 Å². The Labute approximate surface area is 186 Å². The summed E-state index contributed by atoms with van der Waals surface area (Å²) in [6, 6.07) is 22.8. The number of carbonyl (C=O) groups excluding carboxylic acids is 1. The van der Waals surface area contributed by atoms with Crippen LogP contribution in [0.3, 0.4) is 0 Å². The highest BCUT2D eigenvalue weighted by Gasteiger charge is 2.11. The number of unbranched alkanes of at least 4 members (excludes halogenated alkanes) is 1. The number of aromatic nitrogens is 3. The van der Waals surface area contributed by atoms with Gasteiger partial charge in [-0.15, -0.1) is 5.10 Å². The smallest absolute Gasteiger partial charge is 0.255 e. The van der Waals surface area contributed by atoms with E-state index in [1.54, 1.807) is 23.0 Å². The highest BCUT2D eigenvalue weighted by Crippen LogP contribution is 2.23. The summed E-state index contributed by atoms with van der Waals surface area (Å²) in [6.45, 7) is 2.18. The van der Waals surface area contributed by atoms with Crippen LogP contribution in [0.1, 0.15) is 35.7 Å². The highest BCUT2D eigenvalue weighted by molar-refractivity contribution is 6.30. The molecule has 0 aliphatic rings. The van der Waals surface area contributed by atoms with Crippen LogP contribution in [-0.4, -0.2) is 20.9 Å². The second-order valence-corrected chi connectivity index (χ2v) is 7.78. The molecule has 6 heteroatoms. The number of benzene rings is 3. The van der Waals surface area contributed by atoms with E-state index in [1.165, 1.54) is 18.4 Å². The summed E-state index contributed by atoms with van der Waals surface area (Å²) in [4.78, 5) is 12.6. The third-order valence-electron chi connectivity index (χ3n) is 5.09. The van der Waals surface area contributed by atoms with E-state index in [1.807, 2.05) is 48.5 Å². The topological polar surface area (TPSA) is 59.8 Å². The second kappa shape index (κ2) is 9.58. The summed E-state index contributed by atoms with van der Waals surface area (Å²) < 4.78 is 1.74. The number of nitrogens with one attached hydrogen (secondary N) is 1. The molecule has 31 heavy (non-hydrogen) atoms. The van der Waals surface area contributed by atoms with E-state index in [-0.39, 0.29) is 5.91 Å². The van der Waals surface area contributed by atoms with E-state index < -0.39 is 0 Å². The van der Waals surface area contributed by atoms with Crippen LogP contribution in [0.5, 0.6) is 0 Å². The molecule has 0 fully saturated rings. The molecule has 0 aliphatic heterocycles. The Hall–Kier alpha value is -3.44. The van der Waals surface area contributed by atoms with Gasteiger partial charge in [-0.3, -0.25) is 4.79 Å². The van der Waals surface area contributed by atoms with Crippen LogP contribution in [0.4, 0.5) is 5.69 Å². The van der Waals surface area contributed by atoms with Gasteiger partial charge in [-0.05, 0) is 66.9 Å². The molecule has 5 nitrogen and oxygen atoms in total. The third kappa shape index (κ3) is 5.01. The van der Waals surface area contributed by atoms with Gasteiger partial charge >= 0.3 is 0 Å². The highest BCUT2D eigenvalue weighted by atomic mass is 35.5. The molecule has 0 saturated heterocycles. The number of halogens is 1. The van der Waals surface area contributed by atoms with Crippen LogP contribution in [0.2, 0.25) is 5.02 Å². The predicted molar refractivity (Wildman–Crippen MR) is 125 cm³/mol. The van der Waals surface area contributed by atoms with Crippen molar-refractivity contribution in [1.29, 1.82) is 0 Å². The summed E-state index contributed by atoms with van der Waals surface area (Å²) in [6.07, 6.45) is 5.11. The van der Waals surface area contributed by atoms with Crippen molar-refractivity contribution in [2.24, 2.45) is 0 Å². The Balaban J connectivity index is 1.47. The van der Waals surface area contributed by atoms with Gasteiger partial charge in [-0.2, -0.15) is 0 Å². The van der Waals surface area contributed by atoms with Crippen LogP contribution in [0, 0.1) is 0 Å². The Morgan fingerprint density at radius 3 is 2.35 bits per heavy atom. The van der Waals surface area contributed by atoms with Gasteiger partial charge < -0.3 is 5.32 Å².